The first-order valence-electron chi connectivity index (χ1n) is 6.92. The van der Waals surface area contributed by atoms with Gasteiger partial charge in [-0.1, -0.05) is 44.0 Å². The molecule has 1 heterocycles. The van der Waals surface area contributed by atoms with Gasteiger partial charge >= 0.3 is 0 Å². The molecule has 3 rings (SSSR count). The van der Waals surface area contributed by atoms with Gasteiger partial charge in [0.25, 0.3) is 5.91 Å². The second-order valence-electron chi connectivity index (χ2n) is 5.09. The number of aromatic nitrogens is 2. The van der Waals surface area contributed by atoms with Gasteiger partial charge in [-0.15, -0.1) is 0 Å². The Balaban J connectivity index is 1.78. The first kappa shape index (κ1) is 16.0. The lowest BCUT2D eigenvalue weighted by atomic mass is 10.1. The van der Waals surface area contributed by atoms with Gasteiger partial charge in [0.15, 0.2) is 0 Å². The number of amides is 1. The van der Waals surface area contributed by atoms with E-state index in [2.05, 4.69) is 47.4 Å². The molecular formula is C17H13Br2N3O. The van der Waals surface area contributed by atoms with Crippen LogP contribution in [0.5, 0.6) is 0 Å². The van der Waals surface area contributed by atoms with Crippen molar-refractivity contribution in [3.05, 3.63) is 68.7 Å². The number of nitrogens with zero attached hydrogens (tertiary/aromatic N) is 1. The van der Waals surface area contributed by atoms with Crippen LogP contribution in [-0.4, -0.2) is 16.1 Å². The number of hydrogen-bond acceptors (Lipinski definition) is 2. The van der Waals surface area contributed by atoms with Gasteiger partial charge in [0.2, 0.25) is 0 Å². The van der Waals surface area contributed by atoms with E-state index in [1.165, 1.54) is 0 Å². The Bertz CT molecular complexity index is 857. The van der Waals surface area contributed by atoms with Crippen molar-refractivity contribution in [2.45, 2.75) is 6.92 Å². The van der Waals surface area contributed by atoms with Crippen LogP contribution in [0.2, 0.25) is 0 Å². The lowest BCUT2D eigenvalue weighted by Gasteiger charge is -2.05. The average molecular weight is 435 g/mol. The second kappa shape index (κ2) is 6.68. The van der Waals surface area contributed by atoms with Gasteiger partial charge in [0.05, 0.1) is 5.69 Å². The smallest absolute Gasteiger partial charge is 0.273 e. The third-order valence-corrected chi connectivity index (χ3v) is 4.80. The van der Waals surface area contributed by atoms with Gasteiger partial charge in [0.1, 0.15) is 5.69 Å². The molecule has 0 aliphatic rings. The highest BCUT2D eigenvalue weighted by molar-refractivity contribution is 9.10. The molecule has 6 heteroatoms. The Morgan fingerprint density at radius 2 is 1.83 bits per heavy atom. The number of halogens is 2. The van der Waals surface area contributed by atoms with E-state index in [-0.39, 0.29) is 5.91 Å². The van der Waals surface area contributed by atoms with E-state index < -0.39 is 0 Å². The summed E-state index contributed by atoms with van der Waals surface area (Å²) in [6.07, 6.45) is 0. The number of rotatable bonds is 3. The predicted octanol–water partition coefficient (Wildman–Crippen LogP) is 5.16. The molecule has 0 spiro atoms. The van der Waals surface area contributed by atoms with Crippen LogP contribution in [0.25, 0.3) is 11.3 Å². The molecule has 0 aliphatic heterocycles. The van der Waals surface area contributed by atoms with Crippen LogP contribution in [0, 0.1) is 6.92 Å². The summed E-state index contributed by atoms with van der Waals surface area (Å²) < 4.78 is 2.01. The van der Waals surface area contributed by atoms with Crippen molar-refractivity contribution in [3.8, 4) is 11.3 Å². The van der Waals surface area contributed by atoms with E-state index in [0.29, 0.717) is 5.69 Å². The molecule has 0 aliphatic carbocycles. The number of carbonyl (C=O) groups is 1. The van der Waals surface area contributed by atoms with Gasteiger partial charge in [-0.05, 0) is 48.9 Å². The van der Waals surface area contributed by atoms with E-state index >= 15 is 0 Å². The molecule has 0 radical (unpaired) electrons. The minimum atomic E-state index is -0.220. The monoisotopic (exact) mass is 433 g/mol. The van der Waals surface area contributed by atoms with E-state index in [4.69, 9.17) is 0 Å². The maximum absolute atomic E-state index is 12.3. The molecule has 3 aromatic rings. The first-order chi connectivity index (χ1) is 11.0. The number of anilines is 1. The first-order valence-corrected chi connectivity index (χ1v) is 8.50. The topological polar surface area (TPSA) is 57.8 Å². The quantitative estimate of drug-likeness (QED) is 0.597. The molecule has 0 fully saturated rings. The summed E-state index contributed by atoms with van der Waals surface area (Å²) in [5.74, 6) is -0.220. The summed E-state index contributed by atoms with van der Waals surface area (Å²) in [4.78, 5) is 12.3. The fourth-order valence-electron chi connectivity index (χ4n) is 2.13. The normalized spacial score (nSPS) is 10.6. The molecule has 0 saturated carbocycles. The fraction of sp³-hybridized carbons (Fsp3) is 0.0588. The highest BCUT2D eigenvalue weighted by atomic mass is 79.9. The number of H-pyrrole nitrogens is 1. The molecule has 4 nitrogen and oxygen atoms in total. The lowest BCUT2D eigenvalue weighted by molar-refractivity contribution is 0.102. The molecular weight excluding hydrogens is 422 g/mol. The van der Waals surface area contributed by atoms with Crippen LogP contribution >= 0.6 is 31.9 Å². The number of aryl methyl sites for hydroxylation is 1. The zero-order valence-electron chi connectivity index (χ0n) is 12.2. The maximum atomic E-state index is 12.3. The van der Waals surface area contributed by atoms with E-state index in [1.54, 1.807) is 6.07 Å². The van der Waals surface area contributed by atoms with Gasteiger partial charge in [-0.25, -0.2) is 0 Å². The molecule has 1 amide bonds. The summed E-state index contributed by atoms with van der Waals surface area (Å²) in [7, 11) is 0. The van der Waals surface area contributed by atoms with Crippen LogP contribution in [0.3, 0.4) is 0 Å². The lowest BCUT2D eigenvalue weighted by Crippen LogP contribution is -2.12. The molecule has 23 heavy (non-hydrogen) atoms. The summed E-state index contributed by atoms with van der Waals surface area (Å²) in [5, 5.41) is 9.85. The minimum Gasteiger partial charge on any atom is -0.321 e. The van der Waals surface area contributed by atoms with Crippen molar-refractivity contribution in [1.82, 2.24) is 10.2 Å². The number of nitrogens with one attached hydrogen (secondary N) is 2. The van der Waals surface area contributed by atoms with Gasteiger partial charge < -0.3 is 5.32 Å². The Labute approximate surface area is 150 Å². The van der Waals surface area contributed by atoms with Crippen molar-refractivity contribution in [2.24, 2.45) is 0 Å². The molecule has 0 atom stereocenters. The number of benzene rings is 2. The Kier molecular flexibility index (Phi) is 4.63. The Morgan fingerprint density at radius 1 is 1.09 bits per heavy atom. The molecule has 116 valence electrons. The van der Waals surface area contributed by atoms with Crippen molar-refractivity contribution in [1.29, 1.82) is 0 Å². The van der Waals surface area contributed by atoms with Gasteiger partial charge in [-0.2, -0.15) is 5.10 Å². The van der Waals surface area contributed by atoms with Crippen LogP contribution < -0.4 is 5.32 Å². The average Bonchev–Trinajstić information content (AvgIpc) is 3.02. The molecule has 0 saturated heterocycles. The zero-order chi connectivity index (χ0) is 16.4. The van der Waals surface area contributed by atoms with Crippen molar-refractivity contribution in [3.63, 3.8) is 0 Å². The van der Waals surface area contributed by atoms with Crippen molar-refractivity contribution >= 4 is 43.5 Å². The highest BCUT2D eigenvalue weighted by Gasteiger charge is 2.11. The maximum Gasteiger partial charge on any atom is 0.273 e. The minimum absolute atomic E-state index is 0.220. The molecule has 2 N–H and O–H groups in total. The van der Waals surface area contributed by atoms with Crippen LogP contribution in [0.4, 0.5) is 5.69 Å². The Hall–Kier alpha value is -1.92. The summed E-state index contributed by atoms with van der Waals surface area (Å²) >= 11 is 6.84. The van der Waals surface area contributed by atoms with Crippen LogP contribution in [-0.2, 0) is 0 Å². The van der Waals surface area contributed by atoms with Crippen LogP contribution in [0.1, 0.15) is 16.1 Å². The predicted molar refractivity (Wildman–Crippen MR) is 98.6 cm³/mol. The Morgan fingerprint density at radius 3 is 2.52 bits per heavy atom. The van der Waals surface area contributed by atoms with Crippen molar-refractivity contribution in [2.75, 3.05) is 5.32 Å². The zero-order valence-corrected chi connectivity index (χ0v) is 15.4. The number of carbonyl (C=O) groups excluding carboxylic acids is 1. The number of aromatic amines is 1. The summed E-state index contributed by atoms with van der Waals surface area (Å²) in [6, 6.07) is 15.2. The molecule has 0 bridgehead atoms. The fourth-order valence-corrected chi connectivity index (χ4v) is 2.64. The highest BCUT2D eigenvalue weighted by Crippen LogP contribution is 2.22. The standard InChI is InChI=1S/C17H13Br2N3O/c1-10-8-13(6-7-14(10)19)20-17(23)16-9-15(21-22-16)11-2-4-12(18)5-3-11/h2-9H,1H3,(H,20,23)(H,21,22). The third kappa shape index (κ3) is 3.71. The SMILES string of the molecule is Cc1cc(NC(=O)c2cc(-c3ccc(Br)cc3)n[nH]2)ccc1Br. The molecule has 2 aromatic carbocycles. The molecule has 1 aromatic heterocycles. The second-order valence-corrected chi connectivity index (χ2v) is 6.86. The van der Waals surface area contributed by atoms with E-state index in [9.17, 15) is 4.79 Å². The summed E-state index contributed by atoms with van der Waals surface area (Å²) in [6.45, 7) is 1.97. The molecule has 0 unspecified atom stereocenters. The van der Waals surface area contributed by atoms with E-state index in [0.717, 1.165) is 31.5 Å². The van der Waals surface area contributed by atoms with E-state index in [1.807, 2.05) is 49.4 Å². The van der Waals surface area contributed by atoms with Gasteiger partial charge in [0, 0.05) is 20.2 Å². The largest absolute Gasteiger partial charge is 0.321 e. The van der Waals surface area contributed by atoms with Crippen LogP contribution in [0.15, 0.2) is 57.5 Å². The number of hydrogen-bond donors (Lipinski definition) is 2. The third-order valence-electron chi connectivity index (χ3n) is 3.38. The van der Waals surface area contributed by atoms with Gasteiger partial charge in [-0.3, -0.25) is 9.89 Å². The summed E-state index contributed by atoms with van der Waals surface area (Å²) in [5.41, 5.74) is 3.90. The van der Waals surface area contributed by atoms with Crippen molar-refractivity contribution < 1.29 is 4.79 Å².